The van der Waals surface area contributed by atoms with Crippen molar-refractivity contribution in [3.63, 3.8) is 0 Å². The zero-order valence-corrected chi connectivity index (χ0v) is 7.98. The summed E-state index contributed by atoms with van der Waals surface area (Å²) in [5.74, 6) is 3.13. The Hall–Kier alpha value is 0.290. The first-order chi connectivity index (χ1) is 5.25. The van der Waals surface area contributed by atoms with Crippen molar-refractivity contribution in [2.75, 3.05) is 0 Å². The van der Waals surface area contributed by atoms with Crippen LogP contribution in [0.1, 0.15) is 39.0 Å². The minimum Gasteiger partial charge on any atom is -0.123 e. The van der Waals surface area contributed by atoms with E-state index in [1.165, 1.54) is 32.1 Å². The van der Waals surface area contributed by atoms with Crippen molar-refractivity contribution in [2.45, 2.75) is 44.4 Å². The Morgan fingerprint density at radius 3 is 2.64 bits per heavy atom. The summed E-state index contributed by atoms with van der Waals surface area (Å²) < 4.78 is 0. The molecule has 0 saturated heterocycles. The molecule has 4 unspecified atom stereocenters. The van der Waals surface area contributed by atoms with Crippen LogP contribution in [0.15, 0.2) is 0 Å². The molecule has 0 aliphatic heterocycles. The molecule has 2 saturated carbocycles. The SMILES string of the molecule is CC(Cl)CC1CC2CCC1C2. The van der Waals surface area contributed by atoms with Gasteiger partial charge in [0, 0.05) is 5.38 Å². The monoisotopic (exact) mass is 172 g/mol. The van der Waals surface area contributed by atoms with Crippen molar-refractivity contribution in [2.24, 2.45) is 17.8 Å². The molecule has 0 nitrogen and oxygen atoms in total. The molecule has 2 fully saturated rings. The Balaban J connectivity index is 1.87. The normalized spacial score (nSPS) is 44.7. The van der Waals surface area contributed by atoms with E-state index in [4.69, 9.17) is 11.6 Å². The minimum atomic E-state index is 0.402. The van der Waals surface area contributed by atoms with Gasteiger partial charge in [0.25, 0.3) is 0 Å². The van der Waals surface area contributed by atoms with Gasteiger partial charge in [0.05, 0.1) is 0 Å². The van der Waals surface area contributed by atoms with Gasteiger partial charge in [-0.3, -0.25) is 0 Å². The quantitative estimate of drug-likeness (QED) is 0.560. The number of hydrogen-bond acceptors (Lipinski definition) is 0. The number of alkyl halides is 1. The molecular formula is C10H17Cl. The van der Waals surface area contributed by atoms with E-state index >= 15 is 0 Å². The standard InChI is InChI=1S/C10H17Cl/c1-7(11)4-10-6-8-2-3-9(10)5-8/h7-10H,2-6H2,1H3. The molecule has 0 aromatic rings. The van der Waals surface area contributed by atoms with E-state index in [9.17, 15) is 0 Å². The summed E-state index contributed by atoms with van der Waals surface area (Å²) in [5, 5.41) is 0.402. The molecule has 0 N–H and O–H groups in total. The molecule has 0 amide bonds. The lowest BCUT2D eigenvalue weighted by Gasteiger charge is -2.22. The minimum absolute atomic E-state index is 0.402. The second-order valence-corrected chi connectivity index (χ2v) is 5.20. The van der Waals surface area contributed by atoms with E-state index in [-0.39, 0.29) is 0 Å². The predicted molar refractivity (Wildman–Crippen MR) is 48.9 cm³/mol. The zero-order chi connectivity index (χ0) is 7.84. The van der Waals surface area contributed by atoms with Crippen LogP contribution in [0.5, 0.6) is 0 Å². The Bertz CT molecular complexity index is 142. The van der Waals surface area contributed by atoms with Crippen LogP contribution in [-0.2, 0) is 0 Å². The van der Waals surface area contributed by atoms with E-state index in [1.54, 1.807) is 0 Å². The molecule has 2 rings (SSSR count). The molecule has 2 aliphatic carbocycles. The van der Waals surface area contributed by atoms with Gasteiger partial charge in [0.15, 0.2) is 0 Å². The van der Waals surface area contributed by atoms with Gasteiger partial charge >= 0.3 is 0 Å². The lowest BCUT2D eigenvalue weighted by atomic mass is 9.86. The maximum atomic E-state index is 5.99. The van der Waals surface area contributed by atoms with Crippen LogP contribution in [-0.4, -0.2) is 5.38 Å². The molecule has 0 radical (unpaired) electrons. The van der Waals surface area contributed by atoms with Crippen molar-refractivity contribution >= 4 is 11.6 Å². The average molecular weight is 173 g/mol. The van der Waals surface area contributed by atoms with Gasteiger partial charge in [-0.2, -0.15) is 0 Å². The molecule has 0 spiro atoms. The summed E-state index contributed by atoms with van der Waals surface area (Å²) in [6.07, 6.45) is 7.29. The van der Waals surface area contributed by atoms with Gasteiger partial charge in [-0.05, 0) is 50.4 Å². The Morgan fingerprint density at radius 1 is 1.36 bits per heavy atom. The topological polar surface area (TPSA) is 0 Å². The summed E-state index contributed by atoms with van der Waals surface area (Å²) in [7, 11) is 0. The van der Waals surface area contributed by atoms with E-state index < -0.39 is 0 Å². The smallest absolute Gasteiger partial charge is 0.0310 e. The van der Waals surface area contributed by atoms with Crippen molar-refractivity contribution in [1.29, 1.82) is 0 Å². The van der Waals surface area contributed by atoms with Crippen molar-refractivity contribution in [1.82, 2.24) is 0 Å². The van der Waals surface area contributed by atoms with Crippen molar-refractivity contribution in [3.8, 4) is 0 Å². The fourth-order valence-electron chi connectivity index (χ4n) is 3.08. The number of hydrogen-bond donors (Lipinski definition) is 0. The number of fused-ring (bicyclic) bond motifs is 2. The lowest BCUT2D eigenvalue weighted by Crippen LogP contribution is -2.13. The molecule has 4 atom stereocenters. The zero-order valence-electron chi connectivity index (χ0n) is 7.22. The van der Waals surface area contributed by atoms with Gasteiger partial charge in [-0.1, -0.05) is 6.42 Å². The molecular weight excluding hydrogens is 156 g/mol. The molecule has 0 heterocycles. The highest BCUT2D eigenvalue weighted by atomic mass is 35.5. The summed E-state index contributed by atoms with van der Waals surface area (Å²) in [4.78, 5) is 0. The van der Waals surface area contributed by atoms with E-state index in [0.29, 0.717) is 5.38 Å². The Kier molecular flexibility index (Phi) is 2.14. The average Bonchev–Trinajstić information content (AvgIpc) is 2.45. The van der Waals surface area contributed by atoms with E-state index in [1.807, 2.05) is 0 Å². The fourth-order valence-corrected chi connectivity index (χ4v) is 3.31. The van der Waals surface area contributed by atoms with Crippen LogP contribution in [0.3, 0.4) is 0 Å². The maximum Gasteiger partial charge on any atom is 0.0310 e. The second-order valence-electron chi connectivity index (χ2n) is 4.45. The maximum absolute atomic E-state index is 5.99. The molecule has 0 aromatic heterocycles. The van der Waals surface area contributed by atoms with Crippen LogP contribution in [0.4, 0.5) is 0 Å². The highest BCUT2D eigenvalue weighted by Crippen LogP contribution is 2.50. The summed E-state index contributed by atoms with van der Waals surface area (Å²) in [6.45, 7) is 2.13. The fraction of sp³-hybridized carbons (Fsp3) is 1.00. The van der Waals surface area contributed by atoms with E-state index in [2.05, 4.69) is 6.92 Å². The highest BCUT2D eigenvalue weighted by Gasteiger charge is 2.39. The molecule has 0 aromatic carbocycles. The third-order valence-corrected chi connectivity index (χ3v) is 3.69. The first-order valence-electron chi connectivity index (χ1n) is 4.89. The first kappa shape index (κ1) is 7.91. The predicted octanol–water partition coefficient (Wildman–Crippen LogP) is 3.44. The first-order valence-corrected chi connectivity index (χ1v) is 5.33. The molecule has 64 valence electrons. The van der Waals surface area contributed by atoms with Crippen LogP contribution in [0.2, 0.25) is 0 Å². The third kappa shape index (κ3) is 1.56. The van der Waals surface area contributed by atoms with Crippen molar-refractivity contribution < 1.29 is 0 Å². The van der Waals surface area contributed by atoms with Gasteiger partial charge < -0.3 is 0 Å². The van der Waals surface area contributed by atoms with E-state index in [0.717, 1.165) is 17.8 Å². The highest BCUT2D eigenvalue weighted by molar-refractivity contribution is 6.20. The summed E-state index contributed by atoms with van der Waals surface area (Å²) in [5.41, 5.74) is 0. The summed E-state index contributed by atoms with van der Waals surface area (Å²) >= 11 is 5.99. The van der Waals surface area contributed by atoms with Crippen LogP contribution in [0.25, 0.3) is 0 Å². The van der Waals surface area contributed by atoms with Crippen LogP contribution >= 0.6 is 11.6 Å². The van der Waals surface area contributed by atoms with Gasteiger partial charge in [0.2, 0.25) is 0 Å². The second kappa shape index (κ2) is 2.97. The number of halogens is 1. The van der Waals surface area contributed by atoms with Crippen LogP contribution < -0.4 is 0 Å². The van der Waals surface area contributed by atoms with Gasteiger partial charge in [0.1, 0.15) is 0 Å². The van der Waals surface area contributed by atoms with Crippen molar-refractivity contribution in [3.05, 3.63) is 0 Å². The molecule has 1 heteroatoms. The third-order valence-electron chi connectivity index (χ3n) is 3.51. The Labute approximate surface area is 74.3 Å². The van der Waals surface area contributed by atoms with Gasteiger partial charge in [-0.25, -0.2) is 0 Å². The molecule has 2 aliphatic rings. The molecule has 11 heavy (non-hydrogen) atoms. The largest absolute Gasteiger partial charge is 0.123 e. The lowest BCUT2D eigenvalue weighted by molar-refractivity contribution is 0.314. The Morgan fingerprint density at radius 2 is 2.18 bits per heavy atom. The molecule has 2 bridgehead atoms. The number of rotatable bonds is 2. The van der Waals surface area contributed by atoms with Gasteiger partial charge in [-0.15, -0.1) is 11.6 Å². The van der Waals surface area contributed by atoms with Crippen LogP contribution in [0, 0.1) is 17.8 Å². The summed E-state index contributed by atoms with van der Waals surface area (Å²) in [6, 6.07) is 0.